The topological polar surface area (TPSA) is 155 Å². The van der Waals surface area contributed by atoms with E-state index < -0.39 is 57.8 Å². The minimum atomic E-state index is -4.79. The summed E-state index contributed by atoms with van der Waals surface area (Å²) in [6.45, 7) is 4.38. The zero-order valence-electron chi connectivity index (χ0n) is 51.7. The first-order chi connectivity index (χ1) is 40.2. The number of phosphoric ester groups is 1. The van der Waals surface area contributed by atoms with Crippen molar-refractivity contribution in [1.29, 1.82) is 0 Å². The van der Waals surface area contributed by atoms with Crippen molar-refractivity contribution in [3.8, 4) is 0 Å². The van der Waals surface area contributed by atoms with Gasteiger partial charge in [0.1, 0.15) is 12.7 Å². The Morgan fingerprint density at radius 3 is 1.05 bits per heavy atom. The van der Waals surface area contributed by atoms with E-state index in [1.54, 1.807) is 0 Å². The van der Waals surface area contributed by atoms with Crippen LogP contribution in [0.5, 0.6) is 0 Å². The van der Waals surface area contributed by atoms with Crippen LogP contribution < -0.4 is 0 Å². The molecular weight excluding hydrogens is 1050 g/mol. The van der Waals surface area contributed by atoms with Gasteiger partial charge in [-0.2, -0.15) is 0 Å². The average molecular weight is 1160 g/mol. The first-order valence-electron chi connectivity index (χ1n) is 32.1. The van der Waals surface area contributed by atoms with Gasteiger partial charge in [-0.1, -0.05) is 238 Å². The third-order valence-corrected chi connectivity index (χ3v) is 14.0. The van der Waals surface area contributed by atoms with Gasteiger partial charge >= 0.3 is 25.7 Å². The van der Waals surface area contributed by atoms with Crippen molar-refractivity contribution >= 4 is 25.7 Å². The van der Waals surface area contributed by atoms with Crippen LogP contribution in [-0.4, -0.2) is 66.5 Å². The van der Waals surface area contributed by atoms with Crippen LogP contribution in [0.3, 0.4) is 0 Å². The second kappa shape index (κ2) is 62.7. The monoisotopic (exact) mass is 1160 g/mol. The van der Waals surface area contributed by atoms with E-state index >= 15 is 0 Å². The highest BCUT2D eigenvalue weighted by molar-refractivity contribution is 7.47. The molecule has 0 saturated heterocycles. The predicted molar refractivity (Wildman–Crippen MR) is 343 cm³/mol. The maximum absolute atomic E-state index is 13.0. The summed E-state index contributed by atoms with van der Waals surface area (Å²) >= 11 is 0. The molecule has 0 aromatic heterocycles. The van der Waals surface area contributed by atoms with Gasteiger partial charge < -0.3 is 24.2 Å². The minimum absolute atomic E-state index is 0.0331. The van der Waals surface area contributed by atoms with Crippen LogP contribution in [0, 0.1) is 0 Å². The summed E-state index contributed by atoms with van der Waals surface area (Å²) in [5.41, 5.74) is 0. The molecule has 0 spiro atoms. The fourth-order valence-electron chi connectivity index (χ4n) is 8.18. The minimum Gasteiger partial charge on any atom is -0.462 e. The Kier molecular flexibility index (Phi) is 59.3. The zero-order chi connectivity index (χ0) is 59.8. The SMILES string of the molecule is CC/C=C\C/C=C\C/C=C\C/C=C\C/C=C\C/C=C\CCC(=O)OC(COC(=O)CCCCCCCCC/C=C\C/C=C\CCCCC)COP(=O)(O)OCC(CO)OC(=O)CCCCCCCC/C=C\C/C=C\C/C=C\CCCCC. The zero-order valence-corrected chi connectivity index (χ0v) is 52.6. The number of phosphoric acid groups is 1. The van der Waals surface area contributed by atoms with E-state index in [0.29, 0.717) is 25.7 Å². The van der Waals surface area contributed by atoms with Crippen molar-refractivity contribution in [3.63, 3.8) is 0 Å². The van der Waals surface area contributed by atoms with E-state index in [-0.39, 0.29) is 25.9 Å². The molecule has 3 atom stereocenters. The average Bonchev–Trinajstić information content (AvgIpc) is 3.50. The maximum Gasteiger partial charge on any atom is 0.472 e. The summed E-state index contributed by atoms with van der Waals surface area (Å²) in [6, 6.07) is 0. The van der Waals surface area contributed by atoms with Crippen molar-refractivity contribution in [1.82, 2.24) is 0 Å². The van der Waals surface area contributed by atoms with E-state index in [0.717, 1.165) is 122 Å². The van der Waals surface area contributed by atoms with E-state index in [9.17, 15) is 28.9 Å². The molecular formula is C70H115O11P. The molecule has 0 rings (SSSR count). The van der Waals surface area contributed by atoms with E-state index in [4.69, 9.17) is 23.3 Å². The summed E-state index contributed by atoms with van der Waals surface area (Å²) in [5.74, 6) is -1.60. The molecule has 11 nitrogen and oxygen atoms in total. The van der Waals surface area contributed by atoms with Gasteiger partial charge in [0.25, 0.3) is 0 Å². The number of carbonyl (C=O) groups excluding carboxylic acids is 3. The highest BCUT2D eigenvalue weighted by Gasteiger charge is 2.28. The maximum atomic E-state index is 13.0. The second-order valence-electron chi connectivity index (χ2n) is 20.8. The molecule has 0 aliphatic heterocycles. The van der Waals surface area contributed by atoms with Crippen LogP contribution in [0.4, 0.5) is 0 Å². The summed E-state index contributed by atoms with van der Waals surface area (Å²) in [4.78, 5) is 48.7. The van der Waals surface area contributed by atoms with Crippen molar-refractivity contribution in [2.75, 3.05) is 26.4 Å². The number of aliphatic hydroxyl groups excluding tert-OH is 1. The first-order valence-corrected chi connectivity index (χ1v) is 33.6. The van der Waals surface area contributed by atoms with E-state index in [2.05, 4.69) is 142 Å². The van der Waals surface area contributed by atoms with E-state index in [1.165, 1.54) is 64.2 Å². The molecule has 12 heteroatoms. The normalized spacial score (nSPS) is 14.2. The number of unbranched alkanes of at least 4 members (excludes halogenated alkanes) is 19. The smallest absolute Gasteiger partial charge is 0.462 e. The highest BCUT2D eigenvalue weighted by atomic mass is 31.2. The van der Waals surface area contributed by atoms with Crippen LogP contribution in [0.2, 0.25) is 0 Å². The highest BCUT2D eigenvalue weighted by Crippen LogP contribution is 2.43. The number of hydrogen-bond acceptors (Lipinski definition) is 10. The molecule has 0 fully saturated rings. The van der Waals surface area contributed by atoms with Gasteiger partial charge in [-0.05, 0) is 128 Å². The Morgan fingerprint density at radius 1 is 0.354 bits per heavy atom. The van der Waals surface area contributed by atoms with Gasteiger partial charge in [0.15, 0.2) is 6.10 Å². The van der Waals surface area contributed by atoms with Gasteiger partial charge in [0.2, 0.25) is 0 Å². The van der Waals surface area contributed by atoms with Crippen molar-refractivity contribution in [2.45, 2.75) is 264 Å². The standard InChI is InChI=1S/C70H115O11P/c1-4-7-10-13-16-19-22-25-28-31-33-36-39-42-45-48-51-54-57-60-69(73)80-66(62-71)64-78-82(75,76)79-65-67(63-77-68(72)59-56-53-50-47-44-41-38-35-30-27-24-21-18-15-12-9-6-3)81-70(74)61-58-55-52-49-46-43-40-37-34-32-29-26-23-20-17-14-11-8-5-2/h8,11,16-21,25-30,33-34,36-37,43,46,52,55,66-67,71H,4-7,9-10,12-15,22-24,31-32,35,38-42,44-45,47-51,53-54,56-65H2,1-3H3,(H,75,76)/b11-8-,19-16-,20-17-,21-18-,28-25-,29-26-,30-27-,36-33-,37-34-,46-43-,55-52-. The molecule has 2 N–H and O–H groups in total. The quantitative estimate of drug-likeness (QED) is 0.0197. The lowest BCUT2D eigenvalue weighted by atomic mass is 10.1. The summed E-state index contributed by atoms with van der Waals surface area (Å²) in [5, 5.41) is 9.86. The molecule has 82 heavy (non-hydrogen) atoms. The predicted octanol–water partition coefficient (Wildman–Crippen LogP) is 19.7. The first kappa shape index (κ1) is 77.6. The Labute approximate surface area is 500 Å². The summed E-state index contributed by atoms with van der Waals surface area (Å²) in [7, 11) is -4.79. The lowest BCUT2D eigenvalue weighted by molar-refractivity contribution is -0.161. The van der Waals surface area contributed by atoms with Gasteiger partial charge in [0.05, 0.1) is 19.8 Å². The fraction of sp³-hybridized carbons (Fsp3) is 0.643. The molecule has 0 aliphatic rings. The van der Waals surface area contributed by atoms with Gasteiger partial charge in [-0.3, -0.25) is 23.4 Å². The number of rotatable bonds is 58. The Hall–Kier alpha value is -4.38. The van der Waals surface area contributed by atoms with Crippen LogP contribution in [0.15, 0.2) is 134 Å². The number of ether oxygens (including phenoxy) is 3. The molecule has 0 bridgehead atoms. The van der Waals surface area contributed by atoms with Gasteiger partial charge in [0, 0.05) is 19.3 Å². The van der Waals surface area contributed by atoms with Crippen molar-refractivity contribution < 1.29 is 52.2 Å². The van der Waals surface area contributed by atoms with Crippen LogP contribution in [0.1, 0.15) is 252 Å². The largest absolute Gasteiger partial charge is 0.472 e. The number of hydrogen-bond donors (Lipinski definition) is 2. The molecule has 0 aliphatic carbocycles. The lowest BCUT2D eigenvalue weighted by Gasteiger charge is -2.21. The number of allylic oxidation sites excluding steroid dienone is 22. The molecule has 0 amide bonds. The number of esters is 3. The molecule has 0 aromatic carbocycles. The molecule has 466 valence electrons. The van der Waals surface area contributed by atoms with Crippen LogP contribution in [-0.2, 0) is 42.2 Å². The lowest BCUT2D eigenvalue weighted by Crippen LogP contribution is -2.30. The number of carbonyl (C=O) groups is 3. The summed E-state index contributed by atoms with van der Waals surface area (Å²) in [6.07, 6.45) is 79.8. The number of aliphatic hydroxyl groups is 1. The molecule has 3 unspecified atom stereocenters. The Balaban J connectivity index is 4.83. The summed E-state index contributed by atoms with van der Waals surface area (Å²) < 4.78 is 39.6. The molecule has 0 aromatic rings. The fourth-order valence-corrected chi connectivity index (χ4v) is 8.97. The Bertz CT molecular complexity index is 1890. The molecule has 0 radical (unpaired) electrons. The molecule has 0 heterocycles. The molecule has 0 saturated carbocycles. The van der Waals surface area contributed by atoms with Crippen LogP contribution >= 0.6 is 7.82 Å². The van der Waals surface area contributed by atoms with Gasteiger partial charge in [-0.15, -0.1) is 0 Å². The third-order valence-electron chi connectivity index (χ3n) is 13.0. The van der Waals surface area contributed by atoms with Crippen LogP contribution in [0.25, 0.3) is 0 Å². The van der Waals surface area contributed by atoms with E-state index in [1.807, 2.05) is 12.2 Å². The second-order valence-corrected chi connectivity index (χ2v) is 22.3. The Morgan fingerprint density at radius 2 is 0.659 bits per heavy atom. The van der Waals surface area contributed by atoms with Crippen molar-refractivity contribution in [2.24, 2.45) is 0 Å². The van der Waals surface area contributed by atoms with Gasteiger partial charge in [-0.25, -0.2) is 4.57 Å². The third kappa shape index (κ3) is 60.2. The van der Waals surface area contributed by atoms with Crippen molar-refractivity contribution in [3.05, 3.63) is 134 Å².